The number of nitrogen functional groups attached to an aromatic ring is 1. The molecule has 1 saturated heterocycles. The fourth-order valence-corrected chi connectivity index (χ4v) is 3.83. The van der Waals surface area contributed by atoms with E-state index < -0.39 is 0 Å². The van der Waals surface area contributed by atoms with Crippen LogP contribution in [0.2, 0.25) is 0 Å². The number of likely N-dealkylation sites (tertiary alicyclic amines) is 1. The van der Waals surface area contributed by atoms with Crippen LogP contribution >= 0.6 is 0 Å². The zero-order valence-corrected chi connectivity index (χ0v) is 13.9. The molecule has 1 amide bonds. The second-order valence-corrected chi connectivity index (χ2v) is 6.44. The van der Waals surface area contributed by atoms with Crippen molar-refractivity contribution >= 4 is 17.4 Å². The molecule has 0 radical (unpaired) electrons. The minimum Gasteiger partial charge on any atom is -0.384 e. The third-order valence-electron chi connectivity index (χ3n) is 5.01. The predicted molar refractivity (Wildman–Crippen MR) is 95.5 cm³/mol. The van der Waals surface area contributed by atoms with Crippen LogP contribution in [0.5, 0.6) is 0 Å². The molecule has 2 aliphatic rings. The molecule has 1 aromatic heterocycles. The van der Waals surface area contributed by atoms with Crippen LogP contribution in [0.15, 0.2) is 36.4 Å². The van der Waals surface area contributed by atoms with Crippen molar-refractivity contribution in [2.75, 3.05) is 23.7 Å². The number of rotatable bonds is 2. The number of aromatic nitrogens is 1. The molecule has 4 rings (SSSR count). The molecule has 0 spiro atoms. The Morgan fingerprint density at radius 2 is 2.08 bits per heavy atom. The smallest absolute Gasteiger partial charge is 0.250 e. The highest BCUT2D eigenvalue weighted by atomic mass is 16.2. The molecule has 6 heteroatoms. The van der Waals surface area contributed by atoms with E-state index in [4.69, 9.17) is 5.73 Å². The lowest BCUT2D eigenvalue weighted by Crippen LogP contribution is -2.43. The molecule has 6 nitrogen and oxygen atoms in total. The van der Waals surface area contributed by atoms with Crippen LogP contribution in [0.25, 0.3) is 11.3 Å². The van der Waals surface area contributed by atoms with Crippen molar-refractivity contribution in [3.05, 3.63) is 42.0 Å². The summed E-state index contributed by atoms with van der Waals surface area (Å²) < 4.78 is 0. The fraction of sp³-hybridized carbons (Fsp3) is 0.316. The van der Waals surface area contributed by atoms with Gasteiger partial charge in [-0.3, -0.25) is 9.69 Å². The zero-order valence-electron chi connectivity index (χ0n) is 13.9. The highest BCUT2D eigenvalue weighted by Gasteiger charge is 2.36. The molecule has 2 aliphatic heterocycles. The lowest BCUT2D eigenvalue weighted by Gasteiger charge is -2.25. The van der Waals surface area contributed by atoms with Gasteiger partial charge in [-0.05, 0) is 43.0 Å². The van der Waals surface area contributed by atoms with Gasteiger partial charge in [0.1, 0.15) is 11.9 Å². The Morgan fingerprint density at radius 1 is 1.24 bits per heavy atom. The van der Waals surface area contributed by atoms with Gasteiger partial charge in [0.25, 0.3) is 0 Å². The highest BCUT2D eigenvalue weighted by Crippen LogP contribution is 2.36. The number of carbonyl (C=O) groups excluding carboxylic acids is 1. The van der Waals surface area contributed by atoms with Crippen molar-refractivity contribution in [3.63, 3.8) is 0 Å². The van der Waals surface area contributed by atoms with Crippen LogP contribution in [-0.2, 0) is 11.2 Å². The van der Waals surface area contributed by atoms with E-state index >= 15 is 0 Å². The molecule has 1 aromatic carbocycles. The van der Waals surface area contributed by atoms with E-state index in [9.17, 15) is 10.1 Å². The number of hydrogen-bond acceptors (Lipinski definition) is 5. The van der Waals surface area contributed by atoms with Crippen molar-refractivity contribution in [2.24, 2.45) is 0 Å². The normalized spacial score (nSPS) is 18.9. The van der Waals surface area contributed by atoms with Crippen molar-refractivity contribution < 1.29 is 4.79 Å². The maximum absolute atomic E-state index is 13.0. The molecule has 126 valence electrons. The minimum atomic E-state index is -0.329. The number of pyridine rings is 1. The third-order valence-corrected chi connectivity index (χ3v) is 5.01. The first-order chi connectivity index (χ1) is 12.2. The Bertz CT molecular complexity index is 872. The molecule has 1 fully saturated rings. The third kappa shape index (κ3) is 2.58. The summed E-state index contributed by atoms with van der Waals surface area (Å²) in [5.41, 5.74) is 9.71. The van der Waals surface area contributed by atoms with E-state index in [0.29, 0.717) is 18.9 Å². The molecule has 0 bridgehead atoms. The number of hydrogen-bond donors (Lipinski definition) is 1. The Labute approximate surface area is 146 Å². The van der Waals surface area contributed by atoms with E-state index in [1.807, 2.05) is 35.2 Å². The Morgan fingerprint density at radius 3 is 2.88 bits per heavy atom. The molecule has 2 N–H and O–H groups in total. The quantitative estimate of drug-likeness (QED) is 0.851. The summed E-state index contributed by atoms with van der Waals surface area (Å²) in [4.78, 5) is 20.8. The van der Waals surface area contributed by atoms with E-state index in [0.717, 1.165) is 41.8 Å². The van der Waals surface area contributed by atoms with Crippen molar-refractivity contribution in [1.29, 1.82) is 5.26 Å². The minimum absolute atomic E-state index is 0.0236. The van der Waals surface area contributed by atoms with Crippen LogP contribution in [0, 0.1) is 11.5 Å². The standard InChI is InChI=1S/C19H19N5O/c20-12-23-10-3-7-17(23)19(25)24-11-9-14-13(4-1-6-16(14)24)15-5-2-8-18(21)22-15/h1-2,4-6,8,17H,3,7,9-11H2,(H2,21,22)/t17-/m0/s1. The van der Waals surface area contributed by atoms with Gasteiger partial charge in [0.05, 0.1) is 5.69 Å². The van der Waals surface area contributed by atoms with Gasteiger partial charge in [-0.15, -0.1) is 0 Å². The van der Waals surface area contributed by atoms with E-state index in [-0.39, 0.29) is 11.9 Å². The van der Waals surface area contributed by atoms with Gasteiger partial charge < -0.3 is 10.6 Å². The molecule has 25 heavy (non-hydrogen) atoms. The molecule has 2 aromatic rings. The summed E-state index contributed by atoms with van der Waals surface area (Å²) >= 11 is 0. The van der Waals surface area contributed by atoms with Gasteiger partial charge in [0, 0.05) is 24.3 Å². The van der Waals surface area contributed by atoms with E-state index in [1.165, 1.54) is 0 Å². The summed E-state index contributed by atoms with van der Waals surface area (Å²) in [6.07, 6.45) is 4.56. The Hall–Kier alpha value is -3.07. The predicted octanol–water partition coefficient (Wildman–Crippen LogP) is 2.17. The first-order valence-corrected chi connectivity index (χ1v) is 8.51. The van der Waals surface area contributed by atoms with E-state index in [2.05, 4.69) is 11.2 Å². The number of carbonyl (C=O) groups is 1. The molecule has 0 saturated carbocycles. The highest BCUT2D eigenvalue weighted by molar-refractivity contribution is 6.00. The fourth-order valence-electron chi connectivity index (χ4n) is 3.83. The van der Waals surface area contributed by atoms with Crippen LogP contribution in [-0.4, -0.2) is 34.9 Å². The number of nitrogens with two attached hydrogens (primary N) is 1. The zero-order chi connectivity index (χ0) is 17.4. The van der Waals surface area contributed by atoms with Gasteiger partial charge >= 0.3 is 0 Å². The lowest BCUT2D eigenvalue weighted by molar-refractivity contribution is -0.121. The lowest BCUT2D eigenvalue weighted by atomic mass is 10.0. The number of anilines is 2. The van der Waals surface area contributed by atoms with E-state index in [1.54, 1.807) is 11.0 Å². The van der Waals surface area contributed by atoms with Gasteiger partial charge in [-0.2, -0.15) is 5.26 Å². The average molecular weight is 333 g/mol. The number of amides is 1. The maximum atomic E-state index is 13.0. The van der Waals surface area contributed by atoms with Gasteiger partial charge in [-0.25, -0.2) is 4.98 Å². The van der Waals surface area contributed by atoms with Crippen LogP contribution in [0.4, 0.5) is 11.5 Å². The summed E-state index contributed by atoms with van der Waals surface area (Å²) in [5.74, 6) is 0.507. The average Bonchev–Trinajstić information content (AvgIpc) is 3.27. The van der Waals surface area contributed by atoms with Crippen LogP contribution in [0.1, 0.15) is 18.4 Å². The molecule has 0 unspecified atom stereocenters. The monoisotopic (exact) mass is 333 g/mol. The largest absolute Gasteiger partial charge is 0.384 e. The van der Waals surface area contributed by atoms with Crippen molar-refractivity contribution in [2.45, 2.75) is 25.3 Å². The second-order valence-electron chi connectivity index (χ2n) is 6.44. The Kier molecular flexibility index (Phi) is 3.77. The summed E-state index contributed by atoms with van der Waals surface area (Å²) in [7, 11) is 0. The molecular weight excluding hydrogens is 314 g/mol. The van der Waals surface area contributed by atoms with Gasteiger partial charge in [0.2, 0.25) is 5.91 Å². The molecule has 3 heterocycles. The first kappa shape index (κ1) is 15.5. The first-order valence-electron chi connectivity index (χ1n) is 8.51. The number of benzene rings is 1. The second kappa shape index (κ2) is 6.10. The van der Waals surface area contributed by atoms with Crippen molar-refractivity contribution in [1.82, 2.24) is 9.88 Å². The molecule has 0 aliphatic carbocycles. The summed E-state index contributed by atoms with van der Waals surface area (Å²) in [5, 5.41) is 9.23. The van der Waals surface area contributed by atoms with Gasteiger partial charge in [-0.1, -0.05) is 18.2 Å². The SMILES string of the molecule is N#CN1CCC[C@H]1C(=O)N1CCc2c(-c3cccc(N)n3)cccc21. The Balaban J connectivity index is 1.69. The number of nitriles is 1. The molecular formula is C19H19N5O. The number of nitrogens with zero attached hydrogens (tertiary/aromatic N) is 4. The van der Waals surface area contributed by atoms with Crippen LogP contribution in [0.3, 0.4) is 0 Å². The maximum Gasteiger partial charge on any atom is 0.250 e. The van der Waals surface area contributed by atoms with Crippen LogP contribution < -0.4 is 10.6 Å². The molecule has 1 atom stereocenters. The topological polar surface area (TPSA) is 86.2 Å². The summed E-state index contributed by atoms with van der Waals surface area (Å²) in [6.45, 7) is 1.31. The number of fused-ring (bicyclic) bond motifs is 1. The summed E-state index contributed by atoms with van der Waals surface area (Å²) in [6, 6.07) is 11.2. The van der Waals surface area contributed by atoms with Gasteiger partial charge in [0.15, 0.2) is 6.19 Å². The van der Waals surface area contributed by atoms with Crippen molar-refractivity contribution in [3.8, 4) is 17.5 Å².